The molecule has 3 aromatic rings. The third-order valence-electron chi connectivity index (χ3n) is 4.68. The largest absolute Gasteiger partial charge is 0.433 e. The van der Waals surface area contributed by atoms with Crippen molar-refractivity contribution in [2.24, 2.45) is 0 Å². The Morgan fingerprint density at radius 2 is 1.83 bits per heavy atom. The molecule has 1 atom stereocenters. The van der Waals surface area contributed by atoms with Crippen molar-refractivity contribution in [1.82, 2.24) is 30.2 Å². The third kappa shape index (κ3) is 4.27. The van der Waals surface area contributed by atoms with E-state index in [1.54, 1.807) is 6.92 Å². The van der Waals surface area contributed by atoms with Gasteiger partial charge in [-0.3, -0.25) is 24.7 Å². The second-order valence-electron chi connectivity index (χ2n) is 7.01. The fourth-order valence-corrected chi connectivity index (χ4v) is 3.05. The van der Waals surface area contributed by atoms with Crippen molar-refractivity contribution >= 4 is 5.91 Å². The lowest BCUT2D eigenvalue weighted by Gasteiger charge is -2.17. The van der Waals surface area contributed by atoms with E-state index in [-0.39, 0.29) is 11.5 Å². The molecule has 0 bridgehead atoms. The number of aromatic nitrogens is 5. The van der Waals surface area contributed by atoms with Gasteiger partial charge in [0, 0.05) is 42.0 Å². The molecule has 1 N–H and O–H groups in total. The van der Waals surface area contributed by atoms with Gasteiger partial charge in [-0.15, -0.1) is 0 Å². The molecular formula is C20H17F3N6O. The van der Waals surface area contributed by atoms with E-state index in [9.17, 15) is 18.0 Å². The van der Waals surface area contributed by atoms with E-state index in [0.29, 0.717) is 22.8 Å². The maximum atomic E-state index is 13.2. The summed E-state index contributed by atoms with van der Waals surface area (Å²) in [5, 5.41) is 2.70. The summed E-state index contributed by atoms with van der Waals surface area (Å²) in [5.41, 5.74) is 0.477. The molecule has 1 fully saturated rings. The fourth-order valence-electron chi connectivity index (χ4n) is 3.05. The van der Waals surface area contributed by atoms with Crippen molar-refractivity contribution < 1.29 is 18.0 Å². The van der Waals surface area contributed by atoms with E-state index >= 15 is 0 Å². The van der Waals surface area contributed by atoms with Crippen LogP contribution in [0.2, 0.25) is 0 Å². The Labute approximate surface area is 169 Å². The first-order valence-corrected chi connectivity index (χ1v) is 9.30. The molecule has 0 saturated heterocycles. The van der Waals surface area contributed by atoms with Gasteiger partial charge < -0.3 is 5.32 Å². The molecule has 1 amide bonds. The number of carbonyl (C=O) groups excluding carboxylic acids is 1. The van der Waals surface area contributed by atoms with Crippen LogP contribution in [-0.4, -0.2) is 30.8 Å². The van der Waals surface area contributed by atoms with Gasteiger partial charge in [0.15, 0.2) is 0 Å². The van der Waals surface area contributed by atoms with E-state index < -0.39 is 23.8 Å². The minimum Gasteiger partial charge on any atom is -0.344 e. The molecule has 0 aliphatic heterocycles. The molecule has 7 nitrogen and oxygen atoms in total. The van der Waals surface area contributed by atoms with Crippen LogP contribution in [0.5, 0.6) is 0 Å². The van der Waals surface area contributed by atoms with E-state index in [1.807, 2.05) is 0 Å². The summed E-state index contributed by atoms with van der Waals surface area (Å²) in [6.45, 7) is 1.68. The zero-order valence-electron chi connectivity index (χ0n) is 15.9. The summed E-state index contributed by atoms with van der Waals surface area (Å²) in [6.07, 6.45) is 4.41. The fraction of sp³-hybridized carbons (Fsp3) is 0.300. The second kappa shape index (κ2) is 7.77. The molecule has 1 saturated carbocycles. The predicted molar refractivity (Wildman–Crippen MR) is 100 cm³/mol. The molecule has 1 aliphatic rings. The van der Waals surface area contributed by atoms with Crippen LogP contribution in [0.3, 0.4) is 0 Å². The molecule has 154 valence electrons. The molecule has 1 aliphatic carbocycles. The highest BCUT2D eigenvalue weighted by molar-refractivity contribution is 5.94. The lowest BCUT2D eigenvalue weighted by Crippen LogP contribution is -2.28. The number of hydrogen-bond acceptors (Lipinski definition) is 6. The topological polar surface area (TPSA) is 93.6 Å². The highest BCUT2D eigenvalue weighted by Crippen LogP contribution is 2.40. The maximum Gasteiger partial charge on any atom is 0.433 e. The van der Waals surface area contributed by atoms with Crippen LogP contribution in [0.15, 0.2) is 43.1 Å². The van der Waals surface area contributed by atoms with Crippen molar-refractivity contribution in [3.05, 3.63) is 65.8 Å². The van der Waals surface area contributed by atoms with Gasteiger partial charge in [0.2, 0.25) is 0 Å². The summed E-state index contributed by atoms with van der Waals surface area (Å²) in [5.74, 6) is -0.674. The third-order valence-corrected chi connectivity index (χ3v) is 4.68. The minimum absolute atomic E-state index is 0.0282. The number of amides is 1. The molecule has 30 heavy (non-hydrogen) atoms. The first-order valence-electron chi connectivity index (χ1n) is 9.30. The van der Waals surface area contributed by atoms with Crippen LogP contribution in [0.4, 0.5) is 13.2 Å². The Balaban J connectivity index is 1.62. The number of nitrogens with one attached hydrogen (secondary N) is 1. The monoisotopic (exact) mass is 414 g/mol. The van der Waals surface area contributed by atoms with Crippen molar-refractivity contribution in [2.45, 2.75) is 37.9 Å². The second-order valence-corrected chi connectivity index (χ2v) is 7.01. The van der Waals surface area contributed by atoms with Crippen LogP contribution in [0, 0.1) is 0 Å². The minimum atomic E-state index is -4.63. The number of alkyl halides is 3. The molecule has 1 unspecified atom stereocenters. The van der Waals surface area contributed by atoms with Crippen LogP contribution in [0.1, 0.15) is 59.2 Å². The van der Waals surface area contributed by atoms with Gasteiger partial charge in [0.25, 0.3) is 5.91 Å². The number of nitrogens with zero attached hydrogens (tertiary/aromatic N) is 5. The van der Waals surface area contributed by atoms with Gasteiger partial charge in [0.1, 0.15) is 17.1 Å². The first-order chi connectivity index (χ1) is 14.3. The van der Waals surface area contributed by atoms with Crippen molar-refractivity contribution in [2.75, 3.05) is 0 Å². The van der Waals surface area contributed by atoms with Crippen molar-refractivity contribution in [3.8, 4) is 11.4 Å². The molecule has 0 spiro atoms. The van der Waals surface area contributed by atoms with Crippen LogP contribution >= 0.6 is 0 Å². The van der Waals surface area contributed by atoms with Gasteiger partial charge >= 0.3 is 6.18 Å². The SMILES string of the molecule is CC(NC(=O)c1cc(C2CC2)nc(C(F)(F)F)c1)c1nccnc1-c1cnccn1. The quantitative estimate of drug-likeness (QED) is 0.684. The summed E-state index contributed by atoms with van der Waals surface area (Å²) in [4.78, 5) is 33.2. The number of pyridine rings is 1. The Kier molecular flexibility index (Phi) is 5.15. The number of carbonyl (C=O) groups is 1. The molecule has 10 heteroatoms. The first kappa shape index (κ1) is 19.9. The average molecular weight is 414 g/mol. The lowest BCUT2D eigenvalue weighted by molar-refractivity contribution is -0.141. The maximum absolute atomic E-state index is 13.2. The van der Waals surface area contributed by atoms with Gasteiger partial charge in [-0.2, -0.15) is 13.2 Å². The normalized spacial score (nSPS) is 14.9. The average Bonchev–Trinajstić information content (AvgIpc) is 3.59. The summed E-state index contributed by atoms with van der Waals surface area (Å²) < 4.78 is 39.7. The number of halogens is 3. The van der Waals surface area contributed by atoms with E-state index in [2.05, 4.69) is 30.2 Å². The summed E-state index contributed by atoms with van der Waals surface area (Å²) in [7, 11) is 0. The Morgan fingerprint density at radius 1 is 1.10 bits per heavy atom. The summed E-state index contributed by atoms with van der Waals surface area (Å²) in [6, 6.07) is 1.57. The van der Waals surface area contributed by atoms with E-state index in [0.717, 1.165) is 18.9 Å². The number of rotatable bonds is 5. The van der Waals surface area contributed by atoms with Crippen molar-refractivity contribution in [1.29, 1.82) is 0 Å². The standard InChI is InChI=1S/C20H17F3N6O/c1-11(17-18(27-7-6-26-17)15-10-24-4-5-25-15)28-19(30)13-8-14(12-2-3-12)29-16(9-13)20(21,22)23/h4-12H,2-3H2,1H3,(H,28,30). The molecular weight excluding hydrogens is 397 g/mol. The Hall–Kier alpha value is -3.43. The zero-order valence-corrected chi connectivity index (χ0v) is 15.9. The van der Waals surface area contributed by atoms with Gasteiger partial charge in [-0.25, -0.2) is 4.98 Å². The van der Waals surface area contributed by atoms with Crippen molar-refractivity contribution in [3.63, 3.8) is 0 Å². The predicted octanol–water partition coefficient (Wildman–Crippen LogP) is 3.72. The van der Waals surface area contributed by atoms with E-state index in [1.165, 1.54) is 37.1 Å². The van der Waals surface area contributed by atoms with Crippen LogP contribution in [-0.2, 0) is 6.18 Å². The molecule has 0 aromatic carbocycles. The van der Waals surface area contributed by atoms with E-state index in [4.69, 9.17) is 0 Å². The highest BCUT2D eigenvalue weighted by Gasteiger charge is 2.36. The zero-order chi connectivity index (χ0) is 21.3. The molecule has 4 rings (SSSR count). The van der Waals surface area contributed by atoms with Crippen LogP contribution in [0.25, 0.3) is 11.4 Å². The Morgan fingerprint density at radius 3 is 2.50 bits per heavy atom. The smallest absolute Gasteiger partial charge is 0.344 e. The molecule has 3 aromatic heterocycles. The van der Waals surface area contributed by atoms with Crippen LogP contribution < -0.4 is 5.32 Å². The molecule has 0 radical (unpaired) electrons. The highest BCUT2D eigenvalue weighted by atomic mass is 19.4. The van der Waals surface area contributed by atoms with Gasteiger partial charge in [0.05, 0.1) is 17.9 Å². The number of hydrogen-bond donors (Lipinski definition) is 1. The van der Waals surface area contributed by atoms with Gasteiger partial charge in [-0.05, 0) is 31.9 Å². The lowest BCUT2D eigenvalue weighted by atomic mass is 10.1. The molecule has 3 heterocycles. The summed E-state index contributed by atoms with van der Waals surface area (Å²) >= 11 is 0. The van der Waals surface area contributed by atoms with Gasteiger partial charge in [-0.1, -0.05) is 0 Å². The Bertz CT molecular complexity index is 1070.